The van der Waals surface area contributed by atoms with Crippen LogP contribution in [0.4, 0.5) is 4.39 Å². The number of nitrogens with zero attached hydrogens (tertiary/aromatic N) is 3. The van der Waals surface area contributed by atoms with E-state index in [2.05, 4.69) is 9.88 Å². The van der Waals surface area contributed by atoms with Gasteiger partial charge in [-0.15, -0.1) is 0 Å². The van der Waals surface area contributed by atoms with Crippen LogP contribution >= 0.6 is 0 Å². The van der Waals surface area contributed by atoms with Gasteiger partial charge in [0, 0.05) is 43.7 Å². The third-order valence-electron chi connectivity index (χ3n) is 4.87. The Kier molecular flexibility index (Phi) is 3.53. The average Bonchev–Trinajstić information content (AvgIpc) is 3.38. The number of aromatic nitrogens is 1. The van der Waals surface area contributed by atoms with Crippen molar-refractivity contribution >= 4 is 16.8 Å². The molecule has 5 heteroatoms. The molecule has 2 heterocycles. The number of carbonyl (C=O) groups excluding carboxylic acids is 1. The number of pyridine rings is 1. The summed E-state index contributed by atoms with van der Waals surface area (Å²) in [5.74, 6) is -0.267. The topological polar surface area (TPSA) is 36.4 Å². The maximum atomic E-state index is 13.3. The first kappa shape index (κ1) is 14.6. The SMILES string of the molecule is Cc1nc2cc(F)ccc2cc1C(=O)N1CCN(C2CC2)CC1. The van der Waals surface area contributed by atoms with E-state index in [4.69, 9.17) is 0 Å². The number of rotatable bonds is 2. The molecular weight excluding hydrogens is 293 g/mol. The van der Waals surface area contributed by atoms with Gasteiger partial charge in [-0.3, -0.25) is 14.7 Å². The summed E-state index contributed by atoms with van der Waals surface area (Å²) in [5, 5.41) is 0.803. The molecule has 2 aromatic rings. The maximum absolute atomic E-state index is 13.3. The molecule has 2 aliphatic rings. The maximum Gasteiger partial charge on any atom is 0.255 e. The Bertz CT molecular complexity index is 764. The lowest BCUT2D eigenvalue weighted by atomic mass is 10.1. The molecule has 1 aliphatic heterocycles. The molecule has 1 amide bonds. The van der Waals surface area contributed by atoms with Crippen molar-refractivity contribution in [2.24, 2.45) is 0 Å². The summed E-state index contributed by atoms with van der Waals surface area (Å²) in [6, 6.07) is 7.09. The molecule has 1 aromatic heterocycles. The van der Waals surface area contributed by atoms with Crippen molar-refractivity contribution in [1.82, 2.24) is 14.8 Å². The van der Waals surface area contributed by atoms with Crippen LogP contribution in [0.3, 0.4) is 0 Å². The molecule has 0 unspecified atom stereocenters. The van der Waals surface area contributed by atoms with Crippen LogP contribution < -0.4 is 0 Å². The lowest BCUT2D eigenvalue weighted by Gasteiger charge is -2.35. The first-order valence-electron chi connectivity index (χ1n) is 8.22. The highest BCUT2D eigenvalue weighted by Gasteiger charge is 2.32. The highest BCUT2D eigenvalue weighted by atomic mass is 19.1. The van der Waals surface area contributed by atoms with Gasteiger partial charge in [-0.1, -0.05) is 0 Å². The zero-order valence-electron chi connectivity index (χ0n) is 13.3. The molecule has 0 atom stereocenters. The third-order valence-corrected chi connectivity index (χ3v) is 4.87. The minimum Gasteiger partial charge on any atom is -0.336 e. The zero-order chi connectivity index (χ0) is 16.0. The summed E-state index contributed by atoms with van der Waals surface area (Å²) < 4.78 is 13.3. The Hall–Kier alpha value is -2.01. The quantitative estimate of drug-likeness (QED) is 0.855. The van der Waals surface area contributed by atoms with E-state index < -0.39 is 0 Å². The van der Waals surface area contributed by atoms with Crippen LogP contribution in [0.2, 0.25) is 0 Å². The van der Waals surface area contributed by atoms with Crippen molar-refractivity contribution in [2.75, 3.05) is 26.2 Å². The van der Waals surface area contributed by atoms with Crippen LogP contribution in [0.1, 0.15) is 28.9 Å². The van der Waals surface area contributed by atoms with E-state index >= 15 is 0 Å². The predicted molar refractivity (Wildman–Crippen MR) is 86.9 cm³/mol. The first-order chi connectivity index (χ1) is 11.1. The summed E-state index contributed by atoms with van der Waals surface area (Å²) >= 11 is 0. The monoisotopic (exact) mass is 313 g/mol. The number of hydrogen-bond acceptors (Lipinski definition) is 3. The van der Waals surface area contributed by atoms with E-state index in [9.17, 15) is 9.18 Å². The first-order valence-corrected chi connectivity index (χ1v) is 8.22. The molecule has 0 radical (unpaired) electrons. The third kappa shape index (κ3) is 2.81. The fourth-order valence-corrected chi connectivity index (χ4v) is 3.35. The summed E-state index contributed by atoms with van der Waals surface area (Å²) in [7, 11) is 0. The summed E-state index contributed by atoms with van der Waals surface area (Å²) in [4.78, 5) is 21.6. The molecule has 4 nitrogen and oxygen atoms in total. The Labute approximate surface area is 134 Å². The van der Waals surface area contributed by atoms with E-state index in [1.54, 1.807) is 6.07 Å². The molecule has 120 valence electrons. The van der Waals surface area contributed by atoms with Gasteiger partial charge in [0.15, 0.2) is 0 Å². The highest BCUT2D eigenvalue weighted by molar-refractivity contribution is 5.98. The predicted octanol–water partition coefficient (Wildman–Crippen LogP) is 2.60. The van der Waals surface area contributed by atoms with Gasteiger partial charge >= 0.3 is 0 Å². The van der Waals surface area contributed by atoms with Crippen LogP contribution in [0.25, 0.3) is 10.9 Å². The molecule has 2 fully saturated rings. The van der Waals surface area contributed by atoms with E-state index in [0.29, 0.717) is 16.8 Å². The Morgan fingerprint density at radius 2 is 1.91 bits per heavy atom. The minimum atomic E-state index is -0.306. The summed E-state index contributed by atoms with van der Waals surface area (Å²) in [6.45, 7) is 5.29. The molecule has 0 N–H and O–H groups in total. The van der Waals surface area contributed by atoms with Crippen molar-refractivity contribution in [3.63, 3.8) is 0 Å². The number of fused-ring (bicyclic) bond motifs is 1. The molecule has 0 spiro atoms. The van der Waals surface area contributed by atoms with Gasteiger partial charge in [0.1, 0.15) is 5.82 Å². The fraction of sp³-hybridized carbons (Fsp3) is 0.444. The molecule has 1 saturated heterocycles. The zero-order valence-corrected chi connectivity index (χ0v) is 13.3. The van der Waals surface area contributed by atoms with E-state index in [1.165, 1.54) is 25.0 Å². The number of benzene rings is 1. The average molecular weight is 313 g/mol. The normalized spacial score (nSPS) is 19.3. The molecule has 1 saturated carbocycles. The highest BCUT2D eigenvalue weighted by Crippen LogP contribution is 2.28. The lowest BCUT2D eigenvalue weighted by molar-refractivity contribution is 0.0626. The van der Waals surface area contributed by atoms with Crippen LogP contribution in [0.15, 0.2) is 24.3 Å². The molecular formula is C18H20FN3O. The second-order valence-electron chi connectivity index (χ2n) is 6.52. The van der Waals surface area contributed by atoms with E-state index in [-0.39, 0.29) is 11.7 Å². The molecule has 1 aliphatic carbocycles. The van der Waals surface area contributed by atoms with Crippen molar-refractivity contribution in [3.8, 4) is 0 Å². The fourth-order valence-electron chi connectivity index (χ4n) is 3.35. The summed E-state index contributed by atoms with van der Waals surface area (Å²) in [6.07, 6.45) is 2.61. The van der Waals surface area contributed by atoms with Crippen molar-refractivity contribution < 1.29 is 9.18 Å². The number of piperazine rings is 1. The number of halogens is 1. The van der Waals surface area contributed by atoms with Gasteiger partial charge < -0.3 is 4.90 Å². The minimum absolute atomic E-state index is 0.0386. The second-order valence-corrected chi connectivity index (χ2v) is 6.52. The van der Waals surface area contributed by atoms with Crippen molar-refractivity contribution in [1.29, 1.82) is 0 Å². The molecule has 23 heavy (non-hydrogen) atoms. The standard InChI is InChI=1S/C18H20FN3O/c1-12-16(10-13-2-3-14(19)11-17(13)20-12)18(23)22-8-6-21(7-9-22)15-4-5-15/h2-3,10-11,15H,4-9H2,1H3. The van der Waals surface area contributed by atoms with Gasteiger partial charge in [0.2, 0.25) is 0 Å². The van der Waals surface area contributed by atoms with Gasteiger partial charge in [-0.05, 0) is 38.0 Å². The molecule has 1 aromatic carbocycles. The number of hydrogen-bond donors (Lipinski definition) is 0. The van der Waals surface area contributed by atoms with Crippen LogP contribution in [-0.2, 0) is 0 Å². The van der Waals surface area contributed by atoms with Gasteiger partial charge in [-0.2, -0.15) is 0 Å². The summed E-state index contributed by atoms with van der Waals surface area (Å²) in [5.41, 5.74) is 1.89. The number of aryl methyl sites for hydroxylation is 1. The van der Waals surface area contributed by atoms with Crippen molar-refractivity contribution in [3.05, 3.63) is 41.3 Å². The lowest BCUT2D eigenvalue weighted by Crippen LogP contribution is -2.49. The Morgan fingerprint density at radius 3 is 2.61 bits per heavy atom. The molecule has 4 rings (SSSR count). The van der Waals surface area contributed by atoms with E-state index in [1.807, 2.05) is 17.9 Å². The number of amides is 1. The van der Waals surface area contributed by atoms with Gasteiger partial charge in [0.25, 0.3) is 5.91 Å². The van der Waals surface area contributed by atoms with Crippen molar-refractivity contribution in [2.45, 2.75) is 25.8 Å². The van der Waals surface area contributed by atoms with Gasteiger partial charge in [0.05, 0.1) is 16.8 Å². The Balaban J connectivity index is 1.57. The number of carbonyl (C=O) groups is 1. The smallest absolute Gasteiger partial charge is 0.255 e. The largest absolute Gasteiger partial charge is 0.336 e. The van der Waals surface area contributed by atoms with Crippen LogP contribution in [-0.4, -0.2) is 52.9 Å². The second kappa shape index (κ2) is 5.57. The van der Waals surface area contributed by atoms with E-state index in [0.717, 1.165) is 37.6 Å². The molecule has 0 bridgehead atoms. The Morgan fingerprint density at radius 1 is 1.17 bits per heavy atom. The van der Waals surface area contributed by atoms with Gasteiger partial charge in [-0.25, -0.2) is 4.39 Å². The van der Waals surface area contributed by atoms with Crippen LogP contribution in [0.5, 0.6) is 0 Å². The van der Waals surface area contributed by atoms with Crippen LogP contribution in [0, 0.1) is 12.7 Å².